The van der Waals surface area contributed by atoms with Crippen molar-refractivity contribution in [3.8, 4) is 5.75 Å². The molecule has 19 heavy (non-hydrogen) atoms. The molecule has 0 atom stereocenters. The Bertz CT molecular complexity index is 431. The first-order valence-corrected chi connectivity index (χ1v) is 6.56. The van der Waals surface area contributed by atoms with Gasteiger partial charge in [0.25, 0.3) is 5.91 Å². The van der Waals surface area contributed by atoms with Gasteiger partial charge in [0.15, 0.2) is 5.75 Å². The largest absolute Gasteiger partial charge is 0.505 e. The number of nitrogen functional groups attached to an aromatic ring is 1. The van der Waals surface area contributed by atoms with Gasteiger partial charge in [-0.1, -0.05) is 19.9 Å². The van der Waals surface area contributed by atoms with Crippen LogP contribution in [-0.4, -0.2) is 40.2 Å². The molecule has 0 unspecified atom stereocenters. The van der Waals surface area contributed by atoms with E-state index in [1.807, 2.05) is 13.8 Å². The maximum Gasteiger partial charge on any atom is 0.258 e. The lowest BCUT2D eigenvalue weighted by molar-refractivity contribution is 0.0619. The number of carbonyl (C=O) groups excluding carboxylic acids is 1. The molecule has 4 N–H and O–H groups in total. The van der Waals surface area contributed by atoms with Crippen molar-refractivity contribution in [1.29, 1.82) is 0 Å². The maximum atomic E-state index is 12.5. The summed E-state index contributed by atoms with van der Waals surface area (Å²) in [5.41, 5.74) is 5.96. The summed E-state index contributed by atoms with van der Waals surface area (Å²) in [7, 11) is 0. The molecule has 0 aliphatic rings. The Morgan fingerprint density at radius 2 is 2.00 bits per heavy atom. The topological polar surface area (TPSA) is 86.8 Å². The fourth-order valence-corrected chi connectivity index (χ4v) is 2.18. The second kappa shape index (κ2) is 6.99. The number of phenols is 1. The summed E-state index contributed by atoms with van der Waals surface area (Å²) in [6, 6.07) is 4.76. The number of hydrogen-bond acceptors (Lipinski definition) is 4. The van der Waals surface area contributed by atoms with Crippen LogP contribution in [0.4, 0.5) is 5.69 Å². The highest BCUT2D eigenvalue weighted by molar-refractivity contribution is 5.98. The zero-order chi connectivity index (χ0) is 14.4. The zero-order valence-electron chi connectivity index (χ0n) is 11.5. The second-order valence-corrected chi connectivity index (χ2v) is 4.44. The van der Waals surface area contributed by atoms with Gasteiger partial charge in [0.1, 0.15) is 0 Å². The summed E-state index contributed by atoms with van der Waals surface area (Å²) >= 11 is 0. The molecule has 0 fully saturated rings. The number of aliphatic hydroxyl groups is 1. The number of hydrogen-bond donors (Lipinski definition) is 3. The van der Waals surface area contributed by atoms with Crippen molar-refractivity contribution in [2.24, 2.45) is 0 Å². The normalized spacial score (nSPS) is 10.7. The highest BCUT2D eigenvalue weighted by Crippen LogP contribution is 2.26. The summed E-state index contributed by atoms with van der Waals surface area (Å²) in [5.74, 6) is -0.492. The molecule has 0 saturated heterocycles. The minimum absolute atomic E-state index is 0.0421. The Labute approximate surface area is 113 Å². The van der Waals surface area contributed by atoms with Gasteiger partial charge < -0.3 is 20.8 Å². The third-order valence-corrected chi connectivity index (χ3v) is 3.28. The van der Waals surface area contributed by atoms with E-state index < -0.39 is 0 Å². The number of benzene rings is 1. The SMILES string of the molecule is CCC(CC)N(CCO)C(=O)c1cccc(N)c1O. The minimum Gasteiger partial charge on any atom is -0.505 e. The zero-order valence-corrected chi connectivity index (χ0v) is 11.5. The fourth-order valence-electron chi connectivity index (χ4n) is 2.18. The van der Waals surface area contributed by atoms with Gasteiger partial charge in [0.05, 0.1) is 17.9 Å². The standard InChI is InChI=1S/C14H22N2O3/c1-3-10(4-2)16(8-9-17)14(19)11-6-5-7-12(15)13(11)18/h5-7,10,17-18H,3-4,8-9,15H2,1-2H3. The first-order valence-electron chi connectivity index (χ1n) is 6.56. The lowest BCUT2D eigenvalue weighted by Gasteiger charge is -2.30. The number of nitrogens with two attached hydrogens (primary N) is 1. The molecule has 0 aliphatic carbocycles. The molecule has 0 radical (unpaired) electrons. The number of phenolic OH excluding ortho intramolecular Hbond substituents is 1. The predicted molar refractivity (Wildman–Crippen MR) is 75.0 cm³/mol. The summed E-state index contributed by atoms with van der Waals surface area (Å²) < 4.78 is 0. The fraction of sp³-hybridized carbons (Fsp3) is 0.500. The van der Waals surface area contributed by atoms with Crippen molar-refractivity contribution in [1.82, 2.24) is 4.90 Å². The van der Waals surface area contributed by atoms with Crippen LogP contribution in [0.2, 0.25) is 0 Å². The Morgan fingerprint density at radius 3 is 2.53 bits per heavy atom. The molecule has 0 heterocycles. The van der Waals surface area contributed by atoms with E-state index in [1.54, 1.807) is 23.1 Å². The Morgan fingerprint density at radius 1 is 1.37 bits per heavy atom. The number of carbonyl (C=O) groups is 1. The van der Waals surface area contributed by atoms with Crippen LogP contribution in [0.3, 0.4) is 0 Å². The van der Waals surface area contributed by atoms with Crippen LogP contribution in [0.25, 0.3) is 0 Å². The molecular formula is C14H22N2O3. The van der Waals surface area contributed by atoms with Crippen molar-refractivity contribution < 1.29 is 15.0 Å². The molecule has 0 saturated carbocycles. The van der Waals surface area contributed by atoms with Crippen molar-refractivity contribution in [3.05, 3.63) is 23.8 Å². The number of aliphatic hydroxyl groups excluding tert-OH is 1. The average molecular weight is 266 g/mol. The van der Waals surface area contributed by atoms with Crippen LogP contribution in [0.1, 0.15) is 37.0 Å². The van der Waals surface area contributed by atoms with E-state index >= 15 is 0 Å². The average Bonchev–Trinajstić information content (AvgIpc) is 2.41. The van der Waals surface area contributed by atoms with Crippen LogP contribution in [0.15, 0.2) is 18.2 Å². The molecule has 0 aliphatic heterocycles. The molecule has 106 valence electrons. The van der Waals surface area contributed by atoms with Gasteiger partial charge in [-0.2, -0.15) is 0 Å². The van der Waals surface area contributed by atoms with E-state index in [1.165, 1.54) is 0 Å². The molecule has 0 bridgehead atoms. The van der Waals surface area contributed by atoms with Gasteiger partial charge in [-0.05, 0) is 25.0 Å². The molecule has 0 spiro atoms. The number of rotatable bonds is 6. The van der Waals surface area contributed by atoms with E-state index in [9.17, 15) is 9.90 Å². The molecule has 1 rings (SSSR count). The van der Waals surface area contributed by atoms with Gasteiger partial charge in [-0.25, -0.2) is 0 Å². The lowest BCUT2D eigenvalue weighted by Crippen LogP contribution is -2.41. The van der Waals surface area contributed by atoms with E-state index in [2.05, 4.69) is 0 Å². The van der Waals surface area contributed by atoms with Crippen LogP contribution in [0, 0.1) is 0 Å². The van der Waals surface area contributed by atoms with Gasteiger partial charge in [-0.3, -0.25) is 4.79 Å². The Kier molecular flexibility index (Phi) is 5.63. The van der Waals surface area contributed by atoms with E-state index in [0.717, 1.165) is 12.8 Å². The molecule has 1 amide bonds. The van der Waals surface area contributed by atoms with E-state index in [4.69, 9.17) is 10.8 Å². The van der Waals surface area contributed by atoms with Gasteiger partial charge in [0, 0.05) is 12.6 Å². The number of para-hydroxylation sites is 1. The van der Waals surface area contributed by atoms with Crippen LogP contribution >= 0.6 is 0 Å². The van der Waals surface area contributed by atoms with Crippen molar-refractivity contribution in [2.45, 2.75) is 32.7 Å². The van der Waals surface area contributed by atoms with Crippen LogP contribution < -0.4 is 5.73 Å². The van der Waals surface area contributed by atoms with E-state index in [-0.39, 0.29) is 42.1 Å². The number of amides is 1. The highest BCUT2D eigenvalue weighted by atomic mass is 16.3. The van der Waals surface area contributed by atoms with Gasteiger partial charge >= 0.3 is 0 Å². The second-order valence-electron chi connectivity index (χ2n) is 4.44. The molecule has 5 nitrogen and oxygen atoms in total. The Hall–Kier alpha value is -1.75. The predicted octanol–water partition coefficient (Wildman–Crippen LogP) is 1.60. The van der Waals surface area contributed by atoms with Gasteiger partial charge in [-0.15, -0.1) is 0 Å². The molecule has 1 aromatic carbocycles. The first-order chi connectivity index (χ1) is 9.06. The molecular weight excluding hydrogens is 244 g/mol. The first kappa shape index (κ1) is 15.3. The quantitative estimate of drug-likeness (QED) is 0.539. The smallest absolute Gasteiger partial charge is 0.258 e. The third kappa shape index (κ3) is 3.38. The summed E-state index contributed by atoms with van der Waals surface area (Å²) in [6.45, 7) is 4.13. The number of aromatic hydroxyl groups is 1. The monoisotopic (exact) mass is 266 g/mol. The van der Waals surface area contributed by atoms with Gasteiger partial charge in [0.2, 0.25) is 0 Å². The number of nitrogens with zero attached hydrogens (tertiary/aromatic N) is 1. The summed E-state index contributed by atoms with van der Waals surface area (Å²) in [6.07, 6.45) is 1.59. The van der Waals surface area contributed by atoms with E-state index in [0.29, 0.717) is 0 Å². The van der Waals surface area contributed by atoms with Crippen molar-refractivity contribution in [3.63, 3.8) is 0 Å². The molecule has 1 aromatic rings. The summed E-state index contributed by atoms with van der Waals surface area (Å²) in [4.78, 5) is 14.1. The van der Waals surface area contributed by atoms with Crippen LogP contribution in [0.5, 0.6) is 5.75 Å². The van der Waals surface area contributed by atoms with Crippen molar-refractivity contribution >= 4 is 11.6 Å². The summed E-state index contributed by atoms with van der Waals surface area (Å²) in [5, 5.41) is 19.0. The lowest BCUT2D eigenvalue weighted by atomic mass is 10.1. The molecule has 0 aromatic heterocycles. The van der Waals surface area contributed by atoms with Crippen molar-refractivity contribution in [2.75, 3.05) is 18.9 Å². The third-order valence-electron chi connectivity index (χ3n) is 3.28. The maximum absolute atomic E-state index is 12.5. The highest BCUT2D eigenvalue weighted by Gasteiger charge is 2.24. The Balaban J connectivity index is 3.08. The number of anilines is 1. The minimum atomic E-state index is -0.299. The molecule has 5 heteroatoms. The van der Waals surface area contributed by atoms with Crippen LogP contribution in [-0.2, 0) is 0 Å².